The Kier molecular flexibility index (Phi) is 7.39. The van der Waals surface area contributed by atoms with Crippen LogP contribution >= 0.6 is 0 Å². The summed E-state index contributed by atoms with van der Waals surface area (Å²) in [6, 6.07) is 12.1. The zero-order valence-electron chi connectivity index (χ0n) is 16.6. The Morgan fingerprint density at radius 1 is 1.21 bits per heavy atom. The summed E-state index contributed by atoms with van der Waals surface area (Å²) in [5, 5.41) is 6.41. The van der Waals surface area contributed by atoms with Gasteiger partial charge in [-0.05, 0) is 49.6 Å². The number of aryl methyl sites for hydroxylation is 1. The summed E-state index contributed by atoms with van der Waals surface area (Å²) < 4.78 is 39.4. The minimum Gasteiger partial charge on any atom is -0.357 e. The van der Waals surface area contributed by atoms with Gasteiger partial charge in [-0.3, -0.25) is 4.72 Å². The van der Waals surface area contributed by atoms with Gasteiger partial charge >= 0.3 is 0 Å². The number of rotatable bonds is 7. The van der Waals surface area contributed by atoms with E-state index in [9.17, 15) is 12.8 Å². The summed E-state index contributed by atoms with van der Waals surface area (Å²) in [5.74, 6) is 0.319. The molecule has 152 valence electrons. The van der Waals surface area contributed by atoms with E-state index in [1.165, 1.54) is 6.07 Å². The first-order chi connectivity index (χ1) is 13.2. The summed E-state index contributed by atoms with van der Waals surface area (Å²) in [6.45, 7) is 6.54. The molecule has 2 aromatic rings. The number of sulfonamides is 1. The minimum atomic E-state index is -3.38. The quantitative estimate of drug-likeness (QED) is 0.487. The third kappa shape index (κ3) is 6.53. The third-order valence-electron chi connectivity index (χ3n) is 4.11. The highest BCUT2D eigenvalue weighted by atomic mass is 32.2. The molecule has 28 heavy (non-hydrogen) atoms. The van der Waals surface area contributed by atoms with Crippen molar-refractivity contribution in [1.82, 2.24) is 10.6 Å². The summed E-state index contributed by atoms with van der Waals surface area (Å²) in [6.07, 6.45) is 1.11. The van der Waals surface area contributed by atoms with E-state index in [4.69, 9.17) is 0 Å². The van der Waals surface area contributed by atoms with Crippen molar-refractivity contribution < 1.29 is 12.8 Å². The standard InChI is InChI=1S/C20H27FN4O2S/c1-5-22-20(24-15(3)16-11-10-14(2)18(21)12-16)23-13-17-8-6-7-9-19(17)25-28(4,26)27/h6-12,15,25H,5,13H2,1-4H3,(H2,22,23,24). The predicted octanol–water partition coefficient (Wildman–Crippen LogP) is 3.32. The van der Waals surface area contributed by atoms with Gasteiger partial charge in [0.15, 0.2) is 5.96 Å². The van der Waals surface area contributed by atoms with Crippen molar-refractivity contribution in [1.29, 1.82) is 0 Å². The van der Waals surface area contributed by atoms with Gasteiger partial charge in [0, 0.05) is 6.54 Å². The molecule has 2 aromatic carbocycles. The number of nitrogens with one attached hydrogen (secondary N) is 3. The normalized spacial score (nSPS) is 13.1. The Hall–Kier alpha value is -2.61. The Bertz CT molecular complexity index is 945. The van der Waals surface area contributed by atoms with Crippen LogP contribution < -0.4 is 15.4 Å². The van der Waals surface area contributed by atoms with E-state index >= 15 is 0 Å². The number of benzene rings is 2. The van der Waals surface area contributed by atoms with Gasteiger partial charge in [-0.25, -0.2) is 17.8 Å². The van der Waals surface area contributed by atoms with Gasteiger partial charge in [0.2, 0.25) is 10.0 Å². The molecule has 1 unspecified atom stereocenters. The molecule has 6 nitrogen and oxygen atoms in total. The fraction of sp³-hybridized carbons (Fsp3) is 0.350. The first kappa shape index (κ1) is 21.7. The number of anilines is 1. The molecule has 0 fully saturated rings. The molecule has 0 aliphatic carbocycles. The SMILES string of the molecule is CCNC(=NCc1ccccc1NS(C)(=O)=O)NC(C)c1ccc(C)c(F)c1. The number of guanidine groups is 1. The molecule has 0 heterocycles. The first-order valence-electron chi connectivity index (χ1n) is 9.06. The number of hydrogen-bond acceptors (Lipinski definition) is 3. The Morgan fingerprint density at radius 3 is 2.57 bits per heavy atom. The second-order valence-corrected chi connectivity index (χ2v) is 8.35. The van der Waals surface area contributed by atoms with Crippen LogP contribution in [0.5, 0.6) is 0 Å². The molecule has 0 aliphatic rings. The molecular formula is C20H27FN4O2S. The molecule has 2 rings (SSSR count). The molecule has 8 heteroatoms. The maximum atomic E-state index is 13.8. The van der Waals surface area contributed by atoms with Gasteiger partial charge in [-0.15, -0.1) is 0 Å². The summed E-state index contributed by atoms with van der Waals surface area (Å²) in [4.78, 5) is 4.55. The number of para-hydroxylation sites is 1. The first-order valence-corrected chi connectivity index (χ1v) is 11.0. The molecule has 0 spiro atoms. The van der Waals surface area contributed by atoms with E-state index in [-0.39, 0.29) is 18.4 Å². The highest BCUT2D eigenvalue weighted by Crippen LogP contribution is 2.18. The van der Waals surface area contributed by atoms with Gasteiger partial charge in [0.1, 0.15) is 5.82 Å². The third-order valence-corrected chi connectivity index (χ3v) is 4.70. The van der Waals surface area contributed by atoms with E-state index in [2.05, 4.69) is 20.3 Å². The van der Waals surface area contributed by atoms with Gasteiger partial charge < -0.3 is 10.6 Å². The average molecular weight is 407 g/mol. The monoisotopic (exact) mass is 406 g/mol. The Labute approximate surface area is 166 Å². The number of aliphatic imine (C=N–C) groups is 1. The van der Waals surface area contributed by atoms with Crippen LogP contribution in [0, 0.1) is 12.7 Å². The highest BCUT2D eigenvalue weighted by molar-refractivity contribution is 7.92. The lowest BCUT2D eigenvalue weighted by atomic mass is 10.1. The van der Waals surface area contributed by atoms with Gasteiger partial charge in [-0.1, -0.05) is 30.3 Å². The largest absolute Gasteiger partial charge is 0.357 e. The van der Waals surface area contributed by atoms with E-state index in [0.29, 0.717) is 23.8 Å². The Morgan fingerprint density at radius 2 is 1.93 bits per heavy atom. The number of halogens is 1. The molecule has 0 bridgehead atoms. The fourth-order valence-electron chi connectivity index (χ4n) is 2.61. The zero-order valence-corrected chi connectivity index (χ0v) is 17.4. The molecule has 0 aromatic heterocycles. The van der Waals surface area contributed by atoms with E-state index in [1.807, 2.05) is 32.0 Å². The van der Waals surface area contributed by atoms with Crippen LogP contribution in [0.4, 0.5) is 10.1 Å². The molecule has 0 saturated carbocycles. The lowest BCUT2D eigenvalue weighted by Gasteiger charge is -2.19. The maximum absolute atomic E-state index is 13.8. The van der Waals surface area contributed by atoms with Crippen LogP contribution in [0.15, 0.2) is 47.5 Å². The molecule has 3 N–H and O–H groups in total. The maximum Gasteiger partial charge on any atom is 0.229 e. The second kappa shape index (κ2) is 9.54. The van der Waals surface area contributed by atoms with Crippen molar-refractivity contribution in [3.63, 3.8) is 0 Å². The lowest BCUT2D eigenvalue weighted by molar-refractivity contribution is 0.606. The molecule has 0 saturated heterocycles. The van der Waals surface area contributed by atoms with E-state index < -0.39 is 10.0 Å². The van der Waals surface area contributed by atoms with Gasteiger partial charge in [0.05, 0.1) is 24.5 Å². The molecule has 0 aliphatic heterocycles. The molecule has 0 radical (unpaired) electrons. The number of hydrogen-bond donors (Lipinski definition) is 3. The molecule has 0 amide bonds. The van der Waals surface area contributed by atoms with Crippen LogP contribution in [0.25, 0.3) is 0 Å². The van der Waals surface area contributed by atoms with Crippen LogP contribution in [0.2, 0.25) is 0 Å². The summed E-state index contributed by atoms with van der Waals surface area (Å²) >= 11 is 0. The summed E-state index contributed by atoms with van der Waals surface area (Å²) in [5.41, 5.74) is 2.66. The van der Waals surface area contributed by atoms with Gasteiger partial charge in [0.25, 0.3) is 0 Å². The molecular weight excluding hydrogens is 379 g/mol. The van der Waals surface area contributed by atoms with Crippen LogP contribution in [0.3, 0.4) is 0 Å². The minimum absolute atomic E-state index is 0.155. The average Bonchev–Trinajstić information content (AvgIpc) is 2.62. The Balaban J connectivity index is 2.17. The van der Waals surface area contributed by atoms with Crippen molar-refractivity contribution in [2.45, 2.75) is 33.4 Å². The fourth-order valence-corrected chi connectivity index (χ4v) is 3.21. The van der Waals surface area contributed by atoms with Crippen LogP contribution in [0.1, 0.15) is 36.6 Å². The zero-order chi connectivity index (χ0) is 20.7. The van der Waals surface area contributed by atoms with Crippen molar-refractivity contribution in [2.24, 2.45) is 4.99 Å². The molecule has 1 atom stereocenters. The van der Waals surface area contributed by atoms with Crippen molar-refractivity contribution in [2.75, 3.05) is 17.5 Å². The second-order valence-electron chi connectivity index (χ2n) is 6.60. The highest BCUT2D eigenvalue weighted by Gasteiger charge is 2.11. The van der Waals surface area contributed by atoms with Crippen molar-refractivity contribution >= 4 is 21.7 Å². The number of nitrogens with zero attached hydrogens (tertiary/aromatic N) is 1. The van der Waals surface area contributed by atoms with E-state index in [1.54, 1.807) is 25.1 Å². The van der Waals surface area contributed by atoms with Crippen LogP contribution in [-0.2, 0) is 16.6 Å². The topological polar surface area (TPSA) is 82.6 Å². The lowest BCUT2D eigenvalue weighted by Crippen LogP contribution is -2.38. The summed E-state index contributed by atoms with van der Waals surface area (Å²) in [7, 11) is -3.38. The van der Waals surface area contributed by atoms with Crippen molar-refractivity contribution in [3.05, 3.63) is 65.0 Å². The van der Waals surface area contributed by atoms with E-state index in [0.717, 1.165) is 17.4 Å². The van der Waals surface area contributed by atoms with Gasteiger partial charge in [-0.2, -0.15) is 0 Å². The smallest absolute Gasteiger partial charge is 0.229 e. The predicted molar refractivity (Wildman–Crippen MR) is 112 cm³/mol. The van der Waals surface area contributed by atoms with Crippen molar-refractivity contribution in [3.8, 4) is 0 Å². The van der Waals surface area contributed by atoms with Crippen LogP contribution in [-0.4, -0.2) is 27.2 Å².